The Bertz CT molecular complexity index is 1560. The van der Waals surface area contributed by atoms with Crippen molar-refractivity contribution in [2.75, 3.05) is 31.1 Å². The normalized spacial score (nSPS) is 14.4. The van der Waals surface area contributed by atoms with Gasteiger partial charge in [0.1, 0.15) is 12.2 Å². The van der Waals surface area contributed by atoms with E-state index in [1.807, 2.05) is 59.2 Å². The molecular formula is C27H22Cl3N7. The van der Waals surface area contributed by atoms with E-state index in [0.717, 1.165) is 60.9 Å². The van der Waals surface area contributed by atoms with Crippen LogP contribution in [0.15, 0.2) is 73.3 Å². The smallest absolute Gasteiger partial charge is 0.170 e. The number of pyridine rings is 1. The van der Waals surface area contributed by atoms with Crippen molar-refractivity contribution in [1.82, 2.24) is 29.4 Å². The average Bonchev–Trinajstić information content (AvgIpc) is 3.31. The second-order valence-electron chi connectivity index (χ2n) is 8.83. The molecule has 0 spiro atoms. The summed E-state index contributed by atoms with van der Waals surface area (Å²) < 4.78 is 2.01. The topological polar surface area (TPSA) is 63.0 Å². The second-order valence-corrected chi connectivity index (χ2v) is 10.1. The predicted octanol–water partition coefficient (Wildman–Crippen LogP) is 6.16. The van der Waals surface area contributed by atoms with E-state index >= 15 is 0 Å². The van der Waals surface area contributed by atoms with Gasteiger partial charge in [-0.2, -0.15) is 0 Å². The quantitative estimate of drug-likeness (QED) is 0.261. The van der Waals surface area contributed by atoms with Gasteiger partial charge in [-0.25, -0.2) is 15.0 Å². The minimum absolute atomic E-state index is 0.617. The van der Waals surface area contributed by atoms with Crippen molar-refractivity contribution in [3.63, 3.8) is 0 Å². The molecule has 1 aliphatic heterocycles. The van der Waals surface area contributed by atoms with Gasteiger partial charge in [0.15, 0.2) is 17.0 Å². The largest absolute Gasteiger partial charge is 0.352 e. The molecule has 0 unspecified atom stereocenters. The zero-order valence-electron chi connectivity index (χ0n) is 19.7. The number of fused-ring (bicyclic) bond motifs is 1. The lowest BCUT2D eigenvalue weighted by atomic mass is 10.2. The number of halogens is 3. The molecule has 10 heteroatoms. The molecule has 0 radical (unpaired) electrons. The molecule has 0 atom stereocenters. The van der Waals surface area contributed by atoms with Crippen LogP contribution in [-0.4, -0.2) is 55.6 Å². The van der Waals surface area contributed by atoms with Crippen molar-refractivity contribution in [2.24, 2.45) is 0 Å². The van der Waals surface area contributed by atoms with Crippen molar-refractivity contribution in [2.45, 2.75) is 6.54 Å². The fourth-order valence-electron chi connectivity index (χ4n) is 4.66. The predicted molar refractivity (Wildman–Crippen MR) is 149 cm³/mol. The van der Waals surface area contributed by atoms with E-state index in [9.17, 15) is 0 Å². The lowest BCUT2D eigenvalue weighted by Gasteiger charge is -2.35. The molecule has 5 aromatic rings. The number of imidazole rings is 1. The minimum Gasteiger partial charge on any atom is -0.352 e. The van der Waals surface area contributed by atoms with Gasteiger partial charge in [-0.05, 0) is 48.0 Å². The van der Waals surface area contributed by atoms with Crippen LogP contribution in [0.25, 0.3) is 28.2 Å². The van der Waals surface area contributed by atoms with Crippen LogP contribution in [0, 0.1) is 0 Å². The Kier molecular flexibility index (Phi) is 6.69. The van der Waals surface area contributed by atoms with Crippen LogP contribution in [0.4, 0.5) is 5.82 Å². The zero-order valence-corrected chi connectivity index (χ0v) is 22.0. The second kappa shape index (κ2) is 10.3. The maximum Gasteiger partial charge on any atom is 0.170 e. The Hall–Kier alpha value is -3.23. The van der Waals surface area contributed by atoms with Gasteiger partial charge in [-0.1, -0.05) is 46.9 Å². The number of nitrogens with zero attached hydrogens (tertiary/aromatic N) is 7. The zero-order chi connectivity index (χ0) is 25.4. The monoisotopic (exact) mass is 549 g/mol. The van der Waals surface area contributed by atoms with Gasteiger partial charge >= 0.3 is 0 Å². The van der Waals surface area contributed by atoms with Gasteiger partial charge in [0.2, 0.25) is 0 Å². The number of hydrogen-bond acceptors (Lipinski definition) is 6. The molecule has 0 N–H and O–H groups in total. The van der Waals surface area contributed by atoms with E-state index in [1.54, 1.807) is 18.7 Å². The Morgan fingerprint density at radius 1 is 0.811 bits per heavy atom. The van der Waals surface area contributed by atoms with E-state index in [4.69, 9.17) is 39.8 Å². The van der Waals surface area contributed by atoms with Crippen LogP contribution >= 0.6 is 34.8 Å². The summed E-state index contributed by atoms with van der Waals surface area (Å²) in [5.74, 6) is 1.52. The number of rotatable bonds is 5. The third kappa shape index (κ3) is 4.76. The maximum absolute atomic E-state index is 6.61. The van der Waals surface area contributed by atoms with E-state index in [0.29, 0.717) is 26.5 Å². The molecule has 1 aliphatic rings. The van der Waals surface area contributed by atoms with Crippen LogP contribution in [0.5, 0.6) is 0 Å². The highest BCUT2D eigenvalue weighted by Crippen LogP contribution is 2.35. The maximum atomic E-state index is 6.61. The average molecular weight is 551 g/mol. The summed E-state index contributed by atoms with van der Waals surface area (Å²) in [6.07, 6.45) is 5.08. The summed E-state index contributed by atoms with van der Waals surface area (Å²) in [5.41, 5.74) is 4.25. The molecular weight excluding hydrogens is 529 g/mol. The van der Waals surface area contributed by atoms with Gasteiger partial charge in [0.25, 0.3) is 0 Å². The first-order chi connectivity index (χ1) is 18.1. The SMILES string of the molecule is Clc1ccc(-n2c(-c3ccccc3Cl)nc3c(N4CCN(Cc5ccncc5Cl)CC4)ncnc32)cc1. The highest BCUT2D eigenvalue weighted by molar-refractivity contribution is 6.33. The number of piperazine rings is 1. The highest BCUT2D eigenvalue weighted by atomic mass is 35.5. The summed E-state index contributed by atoms with van der Waals surface area (Å²) in [6, 6.07) is 17.3. The van der Waals surface area contributed by atoms with Gasteiger partial charge in [0, 0.05) is 61.4 Å². The standard InChI is InChI=1S/C27H22Cl3N7/c28-19-5-7-20(8-6-19)37-25(21-3-1-2-4-22(21)29)34-24-26(32-17-33-27(24)37)36-13-11-35(12-14-36)16-18-9-10-31-15-23(18)30/h1-10,15,17H,11-14,16H2. The molecule has 1 saturated heterocycles. The number of aromatic nitrogens is 5. The fraction of sp³-hybridized carbons (Fsp3) is 0.185. The van der Waals surface area contributed by atoms with E-state index in [1.165, 1.54) is 0 Å². The Morgan fingerprint density at radius 2 is 1.59 bits per heavy atom. The van der Waals surface area contributed by atoms with Crippen LogP contribution in [0.3, 0.4) is 0 Å². The van der Waals surface area contributed by atoms with Crippen molar-refractivity contribution in [3.05, 3.63) is 93.9 Å². The van der Waals surface area contributed by atoms with E-state index in [-0.39, 0.29) is 0 Å². The van der Waals surface area contributed by atoms with Crippen molar-refractivity contribution in [1.29, 1.82) is 0 Å². The molecule has 0 aliphatic carbocycles. The summed E-state index contributed by atoms with van der Waals surface area (Å²) in [4.78, 5) is 23.1. The van der Waals surface area contributed by atoms with Gasteiger partial charge in [-0.3, -0.25) is 14.5 Å². The number of benzene rings is 2. The van der Waals surface area contributed by atoms with Gasteiger partial charge in [-0.15, -0.1) is 0 Å². The molecule has 6 rings (SSSR count). The lowest BCUT2D eigenvalue weighted by Crippen LogP contribution is -2.46. The van der Waals surface area contributed by atoms with Crippen molar-refractivity contribution < 1.29 is 0 Å². The van der Waals surface area contributed by atoms with Gasteiger partial charge in [0.05, 0.1) is 10.0 Å². The molecule has 7 nitrogen and oxygen atoms in total. The lowest BCUT2D eigenvalue weighted by molar-refractivity contribution is 0.249. The molecule has 0 saturated carbocycles. The summed E-state index contributed by atoms with van der Waals surface area (Å²) in [6.45, 7) is 4.16. The summed E-state index contributed by atoms with van der Waals surface area (Å²) >= 11 is 19.1. The highest BCUT2D eigenvalue weighted by Gasteiger charge is 2.25. The van der Waals surface area contributed by atoms with E-state index < -0.39 is 0 Å². The van der Waals surface area contributed by atoms with Gasteiger partial charge < -0.3 is 4.90 Å². The number of hydrogen-bond donors (Lipinski definition) is 0. The first kappa shape index (κ1) is 24.1. The molecule has 3 aromatic heterocycles. The third-order valence-electron chi connectivity index (χ3n) is 6.55. The molecule has 2 aromatic carbocycles. The molecule has 186 valence electrons. The van der Waals surface area contributed by atoms with Crippen LogP contribution in [-0.2, 0) is 6.54 Å². The molecule has 0 amide bonds. The number of anilines is 1. The summed E-state index contributed by atoms with van der Waals surface area (Å²) in [5, 5.41) is 1.97. The molecule has 0 bridgehead atoms. The Morgan fingerprint density at radius 3 is 2.35 bits per heavy atom. The molecule has 37 heavy (non-hydrogen) atoms. The molecule has 1 fully saturated rings. The first-order valence-electron chi connectivity index (χ1n) is 11.9. The van der Waals surface area contributed by atoms with Crippen LogP contribution in [0.1, 0.15) is 5.56 Å². The third-order valence-corrected chi connectivity index (χ3v) is 7.47. The van der Waals surface area contributed by atoms with Crippen molar-refractivity contribution >= 4 is 51.8 Å². The van der Waals surface area contributed by atoms with Crippen LogP contribution in [0.2, 0.25) is 15.1 Å². The van der Waals surface area contributed by atoms with Crippen molar-refractivity contribution in [3.8, 4) is 17.1 Å². The van der Waals surface area contributed by atoms with E-state index in [2.05, 4.69) is 24.8 Å². The first-order valence-corrected chi connectivity index (χ1v) is 13.0. The molecule has 4 heterocycles. The Balaban J connectivity index is 1.37. The minimum atomic E-state index is 0.617. The van der Waals surface area contributed by atoms with Crippen LogP contribution < -0.4 is 4.90 Å². The Labute approximate surface area is 229 Å². The fourth-order valence-corrected chi connectivity index (χ4v) is 5.19. The summed E-state index contributed by atoms with van der Waals surface area (Å²) in [7, 11) is 0.